The van der Waals surface area contributed by atoms with Crippen molar-refractivity contribution in [2.75, 3.05) is 46.8 Å². The number of rotatable bonds is 8. The number of fused-ring (bicyclic) bond motifs is 1. The average Bonchev–Trinajstić information content (AvgIpc) is 3.17. The maximum atomic E-state index is 12.5. The van der Waals surface area contributed by atoms with E-state index in [0.717, 1.165) is 11.1 Å². The highest BCUT2D eigenvalue weighted by atomic mass is 16.4. The molecule has 1 aliphatic rings. The van der Waals surface area contributed by atoms with Gasteiger partial charge in [-0.3, -0.25) is 19.4 Å². The van der Waals surface area contributed by atoms with E-state index in [0.29, 0.717) is 50.2 Å². The fraction of sp³-hybridized carbons (Fsp3) is 0.346. The fourth-order valence-electron chi connectivity index (χ4n) is 4.58. The summed E-state index contributed by atoms with van der Waals surface area (Å²) in [4.78, 5) is 41.7. The largest absolute Gasteiger partial charge is 0.480 e. The van der Waals surface area contributed by atoms with E-state index in [1.54, 1.807) is 37.2 Å². The SMILES string of the molecule is CN(C)C(=O)CN1CCN(C(C(=O)O)c2cn(Cc3ccccc3)c3ccc(C(=O)O)cc23)CC1. The number of piperazine rings is 1. The van der Waals surface area contributed by atoms with Gasteiger partial charge in [0.2, 0.25) is 5.91 Å². The van der Waals surface area contributed by atoms with E-state index in [1.165, 1.54) is 0 Å². The maximum Gasteiger partial charge on any atom is 0.335 e. The third-order valence-corrected chi connectivity index (χ3v) is 6.51. The lowest BCUT2D eigenvalue weighted by Crippen LogP contribution is -2.51. The fourth-order valence-corrected chi connectivity index (χ4v) is 4.58. The zero-order valence-electron chi connectivity index (χ0n) is 19.9. The van der Waals surface area contributed by atoms with Crippen molar-refractivity contribution in [3.05, 3.63) is 71.4 Å². The molecule has 9 heteroatoms. The van der Waals surface area contributed by atoms with E-state index in [2.05, 4.69) is 0 Å². The number of hydrogen-bond acceptors (Lipinski definition) is 5. The van der Waals surface area contributed by atoms with Crippen LogP contribution in [0.3, 0.4) is 0 Å². The molecule has 0 bridgehead atoms. The third kappa shape index (κ3) is 5.36. The van der Waals surface area contributed by atoms with Crippen molar-refractivity contribution in [3.63, 3.8) is 0 Å². The van der Waals surface area contributed by atoms with Gasteiger partial charge in [0.25, 0.3) is 0 Å². The first-order valence-corrected chi connectivity index (χ1v) is 11.5. The predicted octanol–water partition coefficient (Wildman–Crippen LogP) is 2.22. The van der Waals surface area contributed by atoms with E-state index in [9.17, 15) is 24.6 Å². The zero-order chi connectivity index (χ0) is 25.1. The number of hydrogen-bond donors (Lipinski definition) is 2. The Balaban J connectivity index is 1.67. The molecule has 0 saturated carbocycles. The molecule has 1 atom stereocenters. The second kappa shape index (κ2) is 10.3. The molecule has 1 saturated heterocycles. The first-order chi connectivity index (χ1) is 16.7. The van der Waals surface area contributed by atoms with Crippen molar-refractivity contribution in [2.24, 2.45) is 0 Å². The van der Waals surface area contributed by atoms with Gasteiger partial charge in [-0.1, -0.05) is 30.3 Å². The Labute approximate surface area is 203 Å². The zero-order valence-corrected chi connectivity index (χ0v) is 19.9. The first-order valence-electron chi connectivity index (χ1n) is 11.5. The van der Waals surface area contributed by atoms with E-state index >= 15 is 0 Å². The summed E-state index contributed by atoms with van der Waals surface area (Å²) in [5.74, 6) is -2.03. The number of aromatic nitrogens is 1. The molecule has 0 radical (unpaired) electrons. The van der Waals surface area contributed by atoms with Crippen LogP contribution in [-0.2, 0) is 16.1 Å². The molecule has 1 unspecified atom stereocenters. The van der Waals surface area contributed by atoms with Crippen LogP contribution in [-0.4, -0.2) is 94.1 Å². The number of carbonyl (C=O) groups is 3. The van der Waals surface area contributed by atoms with Gasteiger partial charge in [-0.25, -0.2) is 4.79 Å². The number of carboxylic acid groups (broad SMARTS) is 2. The summed E-state index contributed by atoms with van der Waals surface area (Å²) in [5, 5.41) is 20.4. The number of aromatic carboxylic acids is 1. The van der Waals surface area contributed by atoms with Crippen molar-refractivity contribution >= 4 is 28.7 Å². The quantitative estimate of drug-likeness (QED) is 0.511. The highest BCUT2D eigenvalue weighted by Gasteiger charge is 2.33. The van der Waals surface area contributed by atoms with E-state index in [-0.39, 0.29) is 11.5 Å². The van der Waals surface area contributed by atoms with Crippen molar-refractivity contribution in [1.29, 1.82) is 0 Å². The Hall–Kier alpha value is -3.69. The van der Waals surface area contributed by atoms with Crippen LogP contribution >= 0.6 is 0 Å². The van der Waals surface area contributed by atoms with Crippen LogP contribution < -0.4 is 0 Å². The Morgan fingerprint density at radius 3 is 2.26 bits per heavy atom. The highest BCUT2D eigenvalue weighted by Crippen LogP contribution is 2.32. The van der Waals surface area contributed by atoms with Gasteiger partial charge in [0.05, 0.1) is 12.1 Å². The number of carbonyl (C=O) groups excluding carboxylic acids is 1. The Bertz CT molecular complexity index is 1230. The topological polar surface area (TPSA) is 106 Å². The third-order valence-electron chi connectivity index (χ3n) is 6.51. The van der Waals surface area contributed by atoms with Crippen LogP contribution in [0, 0.1) is 0 Å². The lowest BCUT2D eigenvalue weighted by atomic mass is 10.0. The Morgan fingerprint density at radius 2 is 1.66 bits per heavy atom. The van der Waals surface area contributed by atoms with Gasteiger partial charge in [0.15, 0.2) is 0 Å². The minimum Gasteiger partial charge on any atom is -0.480 e. The minimum atomic E-state index is -1.06. The molecule has 1 aliphatic heterocycles. The second-order valence-corrected chi connectivity index (χ2v) is 9.08. The van der Waals surface area contributed by atoms with Crippen molar-refractivity contribution in [1.82, 2.24) is 19.3 Å². The summed E-state index contributed by atoms with van der Waals surface area (Å²) in [7, 11) is 3.44. The van der Waals surface area contributed by atoms with Gasteiger partial charge in [-0.15, -0.1) is 0 Å². The molecular formula is C26H30N4O5. The number of aliphatic carboxylic acids is 1. The van der Waals surface area contributed by atoms with Crippen LogP contribution in [0.1, 0.15) is 27.5 Å². The maximum absolute atomic E-state index is 12.5. The Kier molecular flexibility index (Phi) is 7.18. The van der Waals surface area contributed by atoms with Gasteiger partial charge in [0, 0.05) is 69.5 Å². The van der Waals surface area contributed by atoms with Crippen LogP contribution in [0.2, 0.25) is 0 Å². The molecule has 184 valence electrons. The minimum absolute atomic E-state index is 0.0124. The van der Waals surface area contributed by atoms with E-state index in [4.69, 9.17) is 0 Å². The molecule has 2 N–H and O–H groups in total. The summed E-state index contributed by atoms with van der Waals surface area (Å²) >= 11 is 0. The van der Waals surface area contributed by atoms with Crippen molar-refractivity contribution in [3.8, 4) is 0 Å². The van der Waals surface area contributed by atoms with Crippen molar-refractivity contribution in [2.45, 2.75) is 12.6 Å². The second-order valence-electron chi connectivity index (χ2n) is 9.08. The molecule has 1 aromatic heterocycles. The normalized spacial score (nSPS) is 15.7. The molecule has 1 amide bonds. The highest BCUT2D eigenvalue weighted by molar-refractivity contribution is 5.96. The number of benzene rings is 2. The average molecular weight is 479 g/mol. The number of likely N-dealkylation sites (N-methyl/N-ethyl adjacent to an activating group) is 1. The molecule has 4 rings (SSSR count). The molecule has 0 aliphatic carbocycles. The summed E-state index contributed by atoms with van der Waals surface area (Å²) in [6, 6.07) is 13.8. The van der Waals surface area contributed by atoms with Gasteiger partial charge in [-0.05, 0) is 23.8 Å². The van der Waals surface area contributed by atoms with Crippen LogP contribution in [0.25, 0.3) is 10.9 Å². The molecule has 35 heavy (non-hydrogen) atoms. The molecule has 2 aromatic carbocycles. The molecule has 2 heterocycles. The molecule has 3 aromatic rings. The smallest absolute Gasteiger partial charge is 0.335 e. The van der Waals surface area contributed by atoms with E-state index < -0.39 is 18.0 Å². The summed E-state index contributed by atoms with van der Waals surface area (Å²) in [6.45, 7) is 2.97. The predicted molar refractivity (Wildman–Crippen MR) is 132 cm³/mol. The summed E-state index contributed by atoms with van der Waals surface area (Å²) < 4.78 is 1.98. The molecular weight excluding hydrogens is 448 g/mol. The number of amides is 1. The lowest BCUT2D eigenvalue weighted by Gasteiger charge is -2.37. The monoisotopic (exact) mass is 478 g/mol. The van der Waals surface area contributed by atoms with Crippen LogP contribution in [0.4, 0.5) is 0 Å². The van der Waals surface area contributed by atoms with E-state index in [1.807, 2.05) is 50.9 Å². The van der Waals surface area contributed by atoms with Gasteiger partial charge in [-0.2, -0.15) is 0 Å². The summed E-state index contributed by atoms with van der Waals surface area (Å²) in [6.07, 6.45) is 1.84. The van der Waals surface area contributed by atoms with Crippen LogP contribution in [0.5, 0.6) is 0 Å². The molecule has 0 spiro atoms. The summed E-state index contributed by atoms with van der Waals surface area (Å²) in [5.41, 5.74) is 2.54. The molecule has 1 fully saturated rings. The first kappa shape index (κ1) is 24.4. The van der Waals surface area contributed by atoms with Gasteiger partial charge < -0.3 is 19.7 Å². The number of nitrogens with zero attached hydrogens (tertiary/aromatic N) is 4. The lowest BCUT2D eigenvalue weighted by molar-refractivity contribution is -0.145. The van der Waals surface area contributed by atoms with Gasteiger partial charge in [0.1, 0.15) is 6.04 Å². The van der Waals surface area contributed by atoms with Crippen molar-refractivity contribution < 1.29 is 24.6 Å². The standard InChI is InChI=1S/C26H30N4O5/c1-27(2)23(31)17-28-10-12-29(13-11-28)24(26(34)35)21-16-30(15-18-6-4-3-5-7-18)22-9-8-19(25(32)33)14-20(21)22/h3-9,14,16,24H,10-13,15,17H2,1-2H3,(H,32,33)(H,34,35). The van der Waals surface area contributed by atoms with Gasteiger partial charge >= 0.3 is 11.9 Å². The Morgan fingerprint density at radius 1 is 0.971 bits per heavy atom. The van der Waals surface area contributed by atoms with Crippen LogP contribution in [0.15, 0.2) is 54.7 Å². The number of carboxylic acids is 2. The molecule has 9 nitrogen and oxygen atoms in total.